The third-order valence-corrected chi connectivity index (χ3v) is 4.95. The van der Waals surface area contributed by atoms with Gasteiger partial charge in [0.25, 0.3) is 0 Å². The Hall–Kier alpha value is -2.83. The van der Waals surface area contributed by atoms with Crippen LogP contribution in [0.2, 0.25) is 5.02 Å². The number of pyridine rings is 1. The van der Waals surface area contributed by atoms with Crippen molar-refractivity contribution in [3.8, 4) is 11.4 Å². The van der Waals surface area contributed by atoms with Crippen LogP contribution in [0.3, 0.4) is 0 Å². The molecule has 3 aromatic rings. The number of hydrogen-bond donors (Lipinski definition) is 4. The average Bonchev–Trinajstić information content (AvgIpc) is 3.09. The van der Waals surface area contributed by atoms with E-state index in [0.717, 1.165) is 12.5 Å². The Balaban J connectivity index is 0. The molecule has 3 heterocycles. The van der Waals surface area contributed by atoms with Crippen molar-refractivity contribution in [3.05, 3.63) is 35.5 Å². The molecule has 0 saturated carbocycles. The number of hydrogen-bond acceptors (Lipinski definition) is 7. The van der Waals surface area contributed by atoms with Crippen molar-refractivity contribution in [1.29, 1.82) is 0 Å². The van der Waals surface area contributed by atoms with Gasteiger partial charge in [0.05, 0.1) is 17.5 Å². The summed E-state index contributed by atoms with van der Waals surface area (Å²) in [6.07, 6.45) is 5.15. The summed E-state index contributed by atoms with van der Waals surface area (Å²) in [6.45, 7) is 1.65. The number of amides is 1. The molecular weight excluding hydrogens is 437 g/mol. The predicted molar refractivity (Wildman–Crippen MR) is 119 cm³/mol. The number of nitrogens with zero attached hydrogens (tertiary/aromatic N) is 3. The van der Waals surface area contributed by atoms with Gasteiger partial charge in [-0.3, -0.25) is 4.79 Å². The maximum absolute atomic E-state index is 14.2. The molecule has 13 heteroatoms. The molecule has 30 heavy (non-hydrogen) atoms. The second-order valence-electron chi connectivity index (χ2n) is 6.47. The van der Waals surface area contributed by atoms with Gasteiger partial charge in [-0.25, -0.2) is 32.5 Å². The monoisotopic (exact) mass is 463 g/mol. The van der Waals surface area contributed by atoms with E-state index >= 15 is 0 Å². The third kappa shape index (κ3) is 5.40. The number of fused-ring (bicyclic) bond motifs is 1. The number of anilines is 1. The van der Waals surface area contributed by atoms with Crippen LogP contribution in [0.15, 0.2) is 24.7 Å². The highest BCUT2D eigenvalue weighted by Crippen LogP contribution is 2.28. The highest BCUT2D eigenvalue weighted by atomic mass is 35.5. The molecule has 0 aliphatic rings. The highest BCUT2D eigenvalue weighted by molar-refractivity contribution is 7.88. The van der Waals surface area contributed by atoms with Gasteiger partial charge in [0.1, 0.15) is 11.7 Å². The molecule has 0 aliphatic carbocycles. The van der Waals surface area contributed by atoms with Gasteiger partial charge in [0, 0.05) is 42.1 Å². The zero-order valence-corrected chi connectivity index (χ0v) is 17.6. The number of aromatic nitrogens is 4. The summed E-state index contributed by atoms with van der Waals surface area (Å²) >= 11 is 6.00. The first-order valence-electron chi connectivity index (χ1n) is 8.78. The molecule has 4 N–H and O–H groups in total. The largest absolute Gasteiger partial charge is 0.356 e. The maximum atomic E-state index is 14.2. The Labute approximate surface area is 182 Å². The highest BCUT2D eigenvalue weighted by Gasteiger charge is 2.18. The molecular formula is C17H27ClFN7O3S. The topological polar surface area (TPSA) is 142 Å². The summed E-state index contributed by atoms with van der Waals surface area (Å²) in [5.41, 5.74) is 1.15. The first kappa shape index (κ1) is 21.9. The van der Waals surface area contributed by atoms with Crippen molar-refractivity contribution in [2.24, 2.45) is 0 Å². The van der Waals surface area contributed by atoms with Crippen LogP contribution in [-0.2, 0) is 14.8 Å². The molecule has 1 atom stereocenters. The molecule has 0 bridgehead atoms. The van der Waals surface area contributed by atoms with E-state index in [-0.39, 0.29) is 30.4 Å². The minimum absolute atomic E-state index is 0. The zero-order valence-electron chi connectivity index (χ0n) is 16.0. The summed E-state index contributed by atoms with van der Waals surface area (Å²) in [4.78, 5) is 27.5. The number of nitrogens with one attached hydrogen (secondary N) is 4. The lowest BCUT2D eigenvalue weighted by Gasteiger charge is -2.15. The van der Waals surface area contributed by atoms with Crippen LogP contribution in [0.25, 0.3) is 22.4 Å². The van der Waals surface area contributed by atoms with Gasteiger partial charge in [0.2, 0.25) is 15.9 Å². The van der Waals surface area contributed by atoms with Crippen molar-refractivity contribution in [1.82, 2.24) is 30.0 Å². The first-order chi connectivity index (χ1) is 14.1. The molecule has 0 unspecified atom stereocenters. The van der Waals surface area contributed by atoms with E-state index in [9.17, 15) is 17.6 Å². The molecule has 3 aromatic heterocycles. The van der Waals surface area contributed by atoms with Gasteiger partial charge >= 0.3 is 0 Å². The number of rotatable bonds is 8. The molecule has 3 rings (SSSR count). The summed E-state index contributed by atoms with van der Waals surface area (Å²) in [7, 11) is -3.34. The van der Waals surface area contributed by atoms with Crippen molar-refractivity contribution in [2.45, 2.75) is 13.0 Å². The number of halogens is 2. The van der Waals surface area contributed by atoms with E-state index in [0.29, 0.717) is 21.6 Å². The lowest BCUT2D eigenvalue weighted by atomic mass is 10.2. The zero-order chi connectivity index (χ0) is 21.9. The van der Waals surface area contributed by atoms with Crippen LogP contribution < -0.4 is 15.4 Å². The number of aromatic amines is 1. The number of carbonyl (C=O) groups excluding carboxylic acids is 1. The van der Waals surface area contributed by atoms with E-state index < -0.39 is 27.8 Å². The van der Waals surface area contributed by atoms with Gasteiger partial charge in [0.15, 0.2) is 17.5 Å². The summed E-state index contributed by atoms with van der Waals surface area (Å²) in [6, 6.07) is 0.857. The number of sulfonamides is 1. The lowest BCUT2D eigenvalue weighted by molar-refractivity contribution is -0.121. The average molecular weight is 464 g/mol. The quantitative estimate of drug-likeness (QED) is 0.375. The Morgan fingerprint density at radius 2 is 2.10 bits per heavy atom. The summed E-state index contributed by atoms with van der Waals surface area (Å²) in [5, 5.41) is 6.35. The van der Waals surface area contributed by atoms with Gasteiger partial charge in [-0.15, -0.1) is 0 Å². The van der Waals surface area contributed by atoms with E-state index in [1.54, 1.807) is 12.3 Å². The molecule has 168 valence electrons. The Bertz CT molecular complexity index is 1200. The van der Waals surface area contributed by atoms with Crippen molar-refractivity contribution in [2.75, 3.05) is 24.7 Å². The van der Waals surface area contributed by atoms with Crippen LogP contribution >= 0.6 is 11.6 Å². The second kappa shape index (κ2) is 8.90. The summed E-state index contributed by atoms with van der Waals surface area (Å²) < 4.78 is 38.5. The normalized spacial score (nSPS) is 12.7. The lowest BCUT2D eigenvalue weighted by Crippen LogP contribution is -2.41. The predicted octanol–water partition coefficient (Wildman–Crippen LogP) is 2.26. The van der Waals surface area contributed by atoms with Gasteiger partial charge < -0.3 is 15.6 Å². The molecule has 0 radical (unpaired) electrons. The van der Waals surface area contributed by atoms with Crippen molar-refractivity contribution >= 4 is 44.4 Å². The SMILES string of the molecule is C[C@H](Nc1nc(-c2c[nH]c3ncc(Cl)cc23)ncc1F)C(=O)NCCNS(C)(=O)=O.[HH].[HH].[HH].[HH]. The van der Waals surface area contributed by atoms with Crippen LogP contribution in [0.5, 0.6) is 0 Å². The Morgan fingerprint density at radius 1 is 1.33 bits per heavy atom. The molecule has 0 aromatic carbocycles. The fraction of sp³-hybridized carbons (Fsp3) is 0.294. The maximum Gasteiger partial charge on any atom is 0.242 e. The fourth-order valence-corrected chi connectivity index (χ4v) is 3.24. The van der Waals surface area contributed by atoms with E-state index in [4.69, 9.17) is 11.6 Å². The van der Waals surface area contributed by atoms with Crippen molar-refractivity contribution in [3.63, 3.8) is 0 Å². The Kier molecular flexibility index (Phi) is 6.48. The van der Waals surface area contributed by atoms with Crippen LogP contribution in [0, 0.1) is 5.82 Å². The van der Waals surface area contributed by atoms with Gasteiger partial charge in [-0.05, 0) is 13.0 Å². The fourth-order valence-electron chi connectivity index (χ4n) is 2.61. The minimum Gasteiger partial charge on any atom is -0.356 e. The Morgan fingerprint density at radius 3 is 2.83 bits per heavy atom. The minimum atomic E-state index is -3.34. The molecule has 0 spiro atoms. The van der Waals surface area contributed by atoms with Crippen molar-refractivity contribution < 1.29 is 23.3 Å². The first-order valence-corrected chi connectivity index (χ1v) is 11.1. The van der Waals surface area contributed by atoms with E-state index in [1.165, 1.54) is 13.1 Å². The number of H-pyrrole nitrogens is 1. The summed E-state index contributed by atoms with van der Waals surface area (Å²) in [5.74, 6) is -1.11. The number of carbonyl (C=O) groups is 1. The van der Waals surface area contributed by atoms with E-state index in [2.05, 4.69) is 35.3 Å². The van der Waals surface area contributed by atoms with Gasteiger partial charge in [-0.1, -0.05) is 11.6 Å². The molecule has 10 nitrogen and oxygen atoms in total. The molecule has 0 aliphatic heterocycles. The van der Waals surface area contributed by atoms with Crippen LogP contribution in [-0.4, -0.2) is 59.6 Å². The van der Waals surface area contributed by atoms with E-state index in [1.807, 2.05) is 0 Å². The molecule has 1 amide bonds. The van der Waals surface area contributed by atoms with Crippen LogP contribution in [0.1, 0.15) is 12.6 Å². The van der Waals surface area contributed by atoms with Crippen LogP contribution in [0.4, 0.5) is 10.2 Å². The second-order valence-corrected chi connectivity index (χ2v) is 8.74. The van der Waals surface area contributed by atoms with Gasteiger partial charge in [-0.2, -0.15) is 0 Å². The smallest absolute Gasteiger partial charge is 0.242 e. The molecule has 0 fully saturated rings. The molecule has 0 saturated heterocycles. The third-order valence-electron chi connectivity index (χ3n) is 4.02. The standard InChI is InChI=1S/C17H19ClFN7O3S.4H2/c1-9(17(27)20-3-4-24-30(2,28)29)25-16-13(19)8-23-15(26-16)12-7-22-14-11(12)5-10(18)6-21-14;;;;/h5-9,24H,3-4H2,1-2H3,(H,20,27)(H,21,22)(H,23,25,26);4*1H/t9-;;;;/m0..../s1.